The molecule has 0 spiro atoms. The molecule has 0 radical (unpaired) electrons. The van der Waals surface area contributed by atoms with Gasteiger partial charge >= 0.3 is 0 Å². The Balaban J connectivity index is 2.23. The summed E-state index contributed by atoms with van der Waals surface area (Å²) in [6.45, 7) is 1.64. The number of aromatic nitrogens is 1. The van der Waals surface area contributed by atoms with Crippen LogP contribution in [0.15, 0.2) is 48.7 Å². The second-order valence-electron chi connectivity index (χ2n) is 4.91. The third kappa shape index (κ3) is 3.95. The number of pyridine rings is 1. The molecule has 1 aromatic heterocycles. The fourth-order valence-electron chi connectivity index (χ4n) is 2.35. The first-order valence-corrected chi connectivity index (χ1v) is 6.69. The Bertz CT molecular complexity index is 641. The molecule has 1 heterocycles. The normalized spacial score (nSPS) is 11.9. The predicted octanol–water partition coefficient (Wildman–Crippen LogP) is 3.02. The van der Waals surface area contributed by atoms with E-state index in [9.17, 15) is 14.9 Å². The highest BCUT2D eigenvalue weighted by Gasteiger charge is 2.23. The Labute approximate surface area is 122 Å². The van der Waals surface area contributed by atoms with E-state index in [1.54, 1.807) is 24.4 Å². The zero-order chi connectivity index (χ0) is 15.2. The first kappa shape index (κ1) is 14.8. The van der Waals surface area contributed by atoms with Gasteiger partial charge in [0, 0.05) is 17.5 Å². The van der Waals surface area contributed by atoms with Crippen molar-refractivity contribution >= 4 is 5.78 Å². The van der Waals surface area contributed by atoms with E-state index in [0.29, 0.717) is 5.69 Å². The van der Waals surface area contributed by atoms with Gasteiger partial charge in [0.05, 0.1) is 5.92 Å². The highest BCUT2D eigenvalue weighted by Crippen LogP contribution is 2.24. The van der Waals surface area contributed by atoms with Crippen LogP contribution < -0.4 is 0 Å². The fraction of sp³-hybridized carbons (Fsp3) is 0.250. The van der Waals surface area contributed by atoms with E-state index >= 15 is 0 Å². The maximum atomic E-state index is 12.2. The molecule has 0 bridgehead atoms. The molecule has 0 saturated heterocycles. The number of Topliss-reactive ketones (excluding diaryl/α,β-unsaturated/α-hetero) is 1. The highest BCUT2D eigenvalue weighted by atomic mass is 16.6. The Hall–Kier alpha value is -2.56. The molecule has 0 saturated carbocycles. The molecular weight excluding hydrogens is 268 g/mol. The lowest BCUT2D eigenvalue weighted by Crippen LogP contribution is -2.18. The molecular formula is C16H16N2O3. The number of carbonyl (C=O) groups is 1. The molecule has 2 aromatic rings. The molecule has 5 heteroatoms. The van der Waals surface area contributed by atoms with Gasteiger partial charge in [0.2, 0.25) is 6.54 Å². The van der Waals surface area contributed by atoms with Gasteiger partial charge in [0.1, 0.15) is 5.69 Å². The largest absolute Gasteiger partial charge is 0.292 e. The van der Waals surface area contributed by atoms with Gasteiger partial charge in [-0.3, -0.25) is 19.9 Å². The van der Waals surface area contributed by atoms with Crippen LogP contribution in [0.1, 0.15) is 34.0 Å². The van der Waals surface area contributed by atoms with Crippen molar-refractivity contribution in [2.75, 3.05) is 6.54 Å². The van der Waals surface area contributed by atoms with Gasteiger partial charge in [-0.15, -0.1) is 0 Å². The molecule has 108 valence electrons. The van der Waals surface area contributed by atoms with Gasteiger partial charge in [-0.05, 0) is 30.2 Å². The number of carbonyl (C=O) groups excluding carboxylic acids is 1. The third-order valence-corrected chi connectivity index (χ3v) is 3.38. The van der Waals surface area contributed by atoms with E-state index in [4.69, 9.17) is 0 Å². The van der Waals surface area contributed by atoms with Crippen LogP contribution >= 0.6 is 0 Å². The molecule has 1 atom stereocenters. The van der Waals surface area contributed by atoms with E-state index in [1.165, 1.54) is 0 Å². The second kappa shape index (κ2) is 6.74. The average Bonchev–Trinajstić information content (AvgIpc) is 2.47. The van der Waals surface area contributed by atoms with Crippen molar-refractivity contribution in [3.8, 4) is 0 Å². The van der Waals surface area contributed by atoms with E-state index in [0.717, 1.165) is 11.1 Å². The van der Waals surface area contributed by atoms with Crippen LogP contribution in [-0.4, -0.2) is 22.2 Å². The number of ketones is 1. The van der Waals surface area contributed by atoms with E-state index < -0.39 is 5.92 Å². The van der Waals surface area contributed by atoms with Crippen molar-refractivity contribution in [1.29, 1.82) is 0 Å². The highest BCUT2D eigenvalue weighted by molar-refractivity contribution is 5.94. The lowest BCUT2D eigenvalue weighted by atomic mass is 9.90. The lowest BCUT2D eigenvalue weighted by molar-refractivity contribution is -0.483. The maximum Gasteiger partial charge on any atom is 0.211 e. The van der Waals surface area contributed by atoms with Crippen molar-refractivity contribution in [3.05, 3.63) is 75.6 Å². The standard InChI is InChI=1S/C16H16N2O3/c1-12-6-2-3-7-14(12)13(11-18(20)21)10-16(19)15-8-4-5-9-17-15/h2-9,13H,10-11H2,1H3/t13-/m1/s1. The van der Waals surface area contributed by atoms with E-state index in [1.807, 2.05) is 31.2 Å². The van der Waals surface area contributed by atoms with Crippen molar-refractivity contribution < 1.29 is 9.72 Å². The molecule has 0 aliphatic carbocycles. The van der Waals surface area contributed by atoms with Gasteiger partial charge in [-0.1, -0.05) is 30.3 Å². The zero-order valence-electron chi connectivity index (χ0n) is 11.7. The van der Waals surface area contributed by atoms with Gasteiger partial charge in [0.15, 0.2) is 5.78 Å². The van der Waals surface area contributed by atoms with Crippen molar-refractivity contribution in [3.63, 3.8) is 0 Å². The smallest absolute Gasteiger partial charge is 0.211 e. The summed E-state index contributed by atoms with van der Waals surface area (Å²) in [4.78, 5) is 26.8. The number of hydrogen-bond acceptors (Lipinski definition) is 4. The summed E-state index contributed by atoms with van der Waals surface area (Å²) < 4.78 is 0. The number of nitro groups is 1. The van der Waals surface area contributed by atoms with Crippen molar-refractivity contribution in [1.82, 2.24) is 4.98 Å². The number of nitrogens with zero attached hydrogens (tertiary/aromatic N) is 2. The summed E-state index contributed by atoms with van der Waals surface area (Å²) >= 11 is 0. The number of benzene rings is 1. The first-order chi connectivity index (χ1) is 10.1. The summed E-state index contributed by atoms with van der Waals surface area (Å²) in [7, 11) is 0. The van der Waals surface area contributed by atoms with Gasteiger partial charge < -0.3 is 0 Å². The van der Waals surface area contributed by atoms with Crippen LogP contribution in [0.25, 0.3) is 0 Å². The quantitative estimate of drug-likeness (QED) is 0.464. The maximum absolute atomic E-state index is 12.2. The molecule has 0 unspecified atom stereocenters. The fourth-order valence-corrected chi connectivity index (χ4v) is 2.35. The third-order valence-electron chi connectivity index (χ3n) is 3.38. The minimum Gasteiger partial charge on any atom is -0.292 e. The molecule has 5 nitrogen and oxygen atoms in total. The Kier molecular flexibility index (Phi) is 4.77. The van der Waals surface area contributed by atoms with Crippen LogP contribution in [0.4, 0.5) is 0 Å². The topological polar surface area (TPSA) is 73.1 Å². The summed E-state index contributed by atoms with van der Waals surface area (Å²) in [5.41, 5.74) is 2.15. The lowest BCUT2D eigenvalue weighted by Gasteiger charge is -2.14. The van der Waals surface area contributed by atoms with Crippen molar-refractivity contribution in [2.24, 2.45) is 0 Å². The number of aryl methyl sites for hydroxylation is 1. The summed E-state index contributed by atoms with van der Waals surface area (Å²) in [6, 6.07) is 12.5. The van der Waals surface area contributed by atoms with Gasteiger partial charge in [-0.25, -0.2) is 0 Å². The average molecular weight is 284 g/mol. The predicted molar refractivity (Wildman–Crippen MR) is 79.0 cm³/mol. The Morgan fingerprint density at radius 1 is 1.24 bits per heavy atom. The second-order valence-corrected chi connectivity index (χ2v) is 4.91. The van der Waals surface area contributed by atoms with Crippen LogP contribution in [0.2, 0.25) is 0 Å². The first-order valence-electron chi connectivity index (χ1n) is 6.69. The van der Waals surface area contributed by atoms with Crippen LogP contribution in [-0.2, 0) is 0 Å². The van der Waals surface area contributed by atoms with Crippen LogP contribution in [0, 0.1) is 17.0 Å². The number of hydrogen-bond donors (Lipinski definition) is 0. The molecule has 2 rings (SSSR count). The molecule has 0 amide bonds. The molecule has 0 N–H and O–H groups in total. The molecule has 0 aliphatic heterocycles. The SMILES string of the molecule is Cc1ccccc1[C@H](CC(=O)c1ccccn1)C[N+](=O)[O-]. The molecule has 0 fully saturated rings. The zero-order valence-corrected chi connectivity index (χ0v) is 11.7. The monoisotopic (exact) mass is 284 g/mol. The van der Waals surface area contributed by atoms with E-state index in [-0.39, 0.29) is 23.7 Å². The molecule has 1 aromatic carbocycles. The summed E-state index contributed by atoms with van der Waals surface area (Å²) in [6.07, 6.45) is 1.63. The minimum atomic E-state index is -0.435. The summed E-state index contributed by atoms with van der Waals surface area (Å²) in [5, 5.41) is 10.9. The molecule has 21 heavy (non-hydrogen) atoms. The number of rotatable bonds is 6. The summed E-state index contributed by atoms with van der Waals surface area (Å²) in [5.74, 6) is -0.610. The van der Waals surface area contributed by atoms with Crippen LogP contribution in [0.5, 0.6) is 0 Å². The van der Waals surface area contributed by atoms with Crippen molar-refractivity contribution in [2.45, 2.75) is 19.3 Å². The minimum absolute atomic E-state index is 0.0862. The Morgan fingerprint density at radius 3 is 2.57 bits per heavy atom. The van der Waals surface area contributed by atoms with Crippen LogP contribution in [0.3, 0.4) is 0 Å². The van der Waals surface area contributed by atoms with Gasteiger partial charge in [0.25, 0.3) is 0 Å². The molecule has 0 aliphatic rings. The Morgan fingerprint density at radius 2 is 1.95 bits per heavy atom. The van der Waals surface area contributed by atoms with Gasteiger partial charge in [-0.2, -0.15) is 0 Å². The van der Waals surface area contributed by atoms with E-state index in [2.05, 4.69) is 4.98 Å².